The van der Waals surface area contributed by atoms with Crippen molar-refractivity contribution in [1.29, 1.82) is 0 Å². The Morgan fingerprint density at radius 1 is 1.31 bits per heavy atom. The first-order chi connectivity index (χ1) is 7.68. The molecule has 0 aliphatic carbocycles. The van der Waals surface area contributed by atoms with Gasteiger partial charge in [-0.15, -0.1) is 0 Å². The lowest BCUT2D eigenvalue weighted by atomic mass is 10.2. The van der Waals surface area contributed by atoms with Crippen molar-refractivity contribution in [2.45, 2.75) is 19.5 Å². The first-order valence-electron chi connectivity index (χ1n) is 4.91. The minimum atomic E-state index is -2.41. The van der Waals surface area contributed by atoms with Crippen LogP contribution in [-0.4, -0.2) is 19.1 Å². The lowest BCUT2D eigenvalue weighted by Crippen LogP contribution is -2.26. The molecule has 0 saturated carbocycles. The quantitative estimate of drug-likeness (QED) is 0.842. The number of carbonyl (C=O) groups excluding carboxylic acids is 1. The maximum Gasteiger partial charge on any atom is 0.407 e. The lowest BCUT2D eigenvalue weighted by molar-refractivity contribution is 0.124. The predicted molar refractivity (Wildman–Crippen MR) is 55.3 cm³/mol. The normalized spacial score (nSPS) is 10.2. The van der Waals surface area contributed by atoms with Crippen LogP contribution in [-0.2, 0) is 11.3 Å². The number of carbonyl (C=O) groups is 1. The van der Waals surface area contributed by atoms with Crippen LogP contribution in [0.3, 0.4) is 0 Å². The number of benzene rings is 1. The Labute approximate surface area is 92.4 Å². The molecule has 1 aromatic carbocycles. The maximum atomic E-state index is 11.7. The van der Waals surface area contributed by atoms with Gasteiger partial charge in [0.1, 0.15) is 6.61 Å². The molecule has 1 N–H and O–H groups in total. The van der Waals surface area contributed by atoms with E-state index in [2.05, 4.69) is 5.32 Å². The van der Waals surface area contributed by atoms with Gasteiger partial charge in [0.2, 0.25) is 6.43 Å². The van der Waals surface area contributed by atoms with Crippen LogP contribution in [0.1, 0.15) is 12.0 Å². The molecule has 0 spiro atoms. The fourth-order valence-corrected chi connectivity index (χ4v) is 1.06. The molecular formula is C11H13F2NO2. The Morgan fingerprint density at radius 3 is 2.62 bits per heavy atom. The van der Waals surface area contributed by atoms with Crippen molar-refractivity contribution in [3.63, 3.8) is 0 Å². The largest absolute Gasteiger partial charge is 0.445 e. The molecule has 0 saturated heterocycles. The molecule has 0 fully saturated rings. The monoisotopic (exact) mass is 229 g/mol. The topological polar surface area (TPSA) is 38.3 Å². The molecule has 0 atom stereocenters. The van der Waals surface area contributed by atoms with Crippen LogP contribution < -0.4 is 5.32 Å². The summed E-state index contributed by atoms with van der Waals surface area (Å²) in [7, 11) is 0. The van der Waals surface area contributed by atoms with Crippen molar-refractivity contribution < 1.29 is 18.3 Å². The van der Waals surface area contributed by atoms with E-state index in [0.717, 1.165) is 5.56 Å². The molecule has 16 heavy (non-hydrogen) atoms. The first-order valence-corrected chi connectivity index (χ1v) is 4.91. The van der Waals surface area contributed by atoms with Gasteiger partial charge in [-0.1, -0.05) is 30.3 Å². The van der Waals surface area contributed by atoms with Crippen molar-refractivity contribution >= 4 is 6.09 Å². The third kappa shape index (κ3) is 5.29. The molecule has 0 radical (unpaired) electrons. The van der Waals surface area contributed by atoms with Crippen molar-refractivity contribution in [2.75, 3.05) is 6.54 Å². The van der Waals surface area contributed by atoms with Crippen LogP contribution in [0.25, 0.3) is 0 Å². The van der Waals surface area contributed by atoms with Crippen LogP contribution in [0.5, 0.6) is 0 Å². The summed E-state index contributed by atoms with van der Waals surface area (Å²) in [6.07, 6.45) is -3.45. The van der Waals surface area contributed by atoms with E-state index < -0.39 is 12.5 Å². The van der Waals surface area contributed by atoms with Gasteiger partial charge >= 0.3 is 6.09 Å². The molecule has 5 heteroatoms. The molecule has 3 nitrogen and oxygen atoms in total. The SMILES string of the molecule is O=C(NCCC(F)F)OCc1ccccc1. The van der Waals surface area contributed by atoms with E-state index >= 15 is 0 Å². The number of alkyl carbamates (subject to hydrolysis) is 1. The third-order valence-corrected chi connectivity index (χ3v) is 1.84. The summed E-state index contributed by atoms with van der Waals surface area (Å²) in [4.78, 5) is 11.0. The average Bonchev–Trinajstić information content (AvgIpc) is 2.27. The van der Waals surface area contributed by atoms with Crippen LogP contribution >= 0.6 is 0 Å². The van der Waals surface area contributed by atoms with Gasteiger partial charge in [0, 0.05) is 13.0 Å². The number of rotatable bonds is 5. The molecule has 1 aromatic rings. The van der Waals surface area contributed by atoms with Crippen LogP contribution in [0, 0.1) is 0 Å². The van der Waals surface area contributed by atoms with E-state index in [0.29, 0.717) is 0 Å². The highest BCUT2D eigenvalue weighted by Crippen LogP contribution is 2.01. The Bertz CT molecular complexity index is 317. The van der Waals surface area contributed by atoms with Crippen molar-refractivity contribution in [3.05, 3.63) is 35.9 Å². The van der Waals surface area contributed by atoms with Gasteiger partial charge in [-0.3, -0.25) is 0 Å². The smallest absolute Gasteiger partial charge is 0.407 e. The Morgan fingerprint density at radius 2 is 2.00 bits per heavy atom. The molecule has 0 aromatic heterocycles. The minimum absolute atomic E-state index is 0.0781. The van der Waals surface area contributed by atoms with Crippen molar-refractivity contribution in [1.82, 2.24) is 5.32 Å². The van der Waals surface area contributed by atoms with Crippen LogP contribution in [0.4, 0.5) is 13.6 Å². The zero-order valence-corrected chi connectivity index (χ0v) is 8.66. The zero-order chi connectivity index (χ0) is 11.8. The molecule has 0 aliphatic rings. The minimum Gasteiger partial charge on any atom is -0.445 e. The number of alkyl halides is 2. The predicted octanol–water partition coefficient (Wildman–Crippen LogP) is 2.57. The summed E-state index contributed by atoms with van der Waals surface area (Å²) in [5.41, 5.74) is 0.853. The number of amides is 1. The van der Waals surface area contributed by atoms with Gasteiger partial charge in [0.15, 0.2) is 0 Å². The van der Waals surface area contributed by atoms with Crippen LogP contribution in [0.15, 0.2) is 30.3 Å². The van der Waals surface area contributed by atoms with Crippen molar-refractivity contribution in [2.24, 2.45) is 0 Å². The van der Waals surface area contributed by atoms with Gasteiger partial charge < -0.3 is 10.1 Å². The summed E-state index contributed by atoms with van der Waals surface area (Å²) in [5, 5.41) is 2.24. The first kappa shape index (κ1) is 12.4. The van der Waals surface area contributed by atoms with E-state index in [1.165, 1.54) is 0 Å². The highest BCUT2D eigenvalue weighted by Gasteiger charge is 2.05. The number of hydrogen-bond donors (Lipinski definition) is 1. The van der Waals surface area contributed by atoms with E-state index in [4.69, 9.17) is 4.74 Å². The summed E-state index contributed by atoms with van der Waals surface area (Å²) in [6.45, 7) is 0.0621. The zero-order valence-electron chi connectivity index (χ0n) is 8.66. The number of hydrogen-bond acceptors (Lipinski definition) is 2. The van der Waals surface area contributed by atoms with Gasteiger partial charge in [0.25, 0.3) is 0 Å². The second-order valence-electron chi connectivity index (χ2n) is 3.17. The highest BCUT2D eigenvalue weighted by molar-refractivity contribution is 5.67. The standard InChI is InChI=1S/C11H13F2NO2/c12-10(13)6-7-14-11(15)16-8-9-4-2-1-3-5-9/h1-5,10H,6-8H2,(H,14,15). The second-order valence-corrected chi connectivity index (χ2v) is 3.17. The fourth-order valence-electron chi connectivity index (χ4n) is 1.06. The second kappa shape index (κ2) is 6.76. The lowest BCUT2D eigenvalue weighted by Gasteiger charge is -2.06. The van der Waals surface area contributed by atoms with E-state index in [9.17, 15) is 13.6 Å². The number of halogens is 2. The van der Waals surface area contributed by atoms with E-state index in [-0.39, 0.29) is 19.6 Å². The Kier molecular flexibility index (Phi) is 5.25. The molecule has 1 amide bonds. The number of ether oxygens (including phenoxy) is 1. The van der Waals surface area contributed by atoms with Gasteiger partial charge in [-0.25, -0.2) is 13.6 Å². The molecule has 88 valence electrons. The molecular weight excluding hydrogens is 216 g/mol. The molecule has 0 aliphatic heterocycles. The molecule has 1 rings (SSSR count). The Hall–Kier alpha value is -1.65. The summed E-state index contributed by atoms with van der Waals surface area (Å²) >= 11 is 0. The molecule has 0 bridgehead atoms. The molecule has 0 heterocycles. The van der Waals surface area contributed by atoms with E-state index in [1.807, 2.05) is 30.3 Å². The molecule has 0 unspecified atom stereocenters. The third-order valence-electron chi connectivity index (χ3n) is 1.84. The van der Waals surface area contributed by atoms with Gasteiger partial charge in [-0.2, -0.15) is 0 Å². The van der Waals surface area contributed by atoms with Gasteiger partial charge in [0.05, 0.1) is 0 Å². The number of nitrogens with one attached hydrogen (secondary N) is 1. The summed E-state index contributed by atoms with van der Waals surface area (Å²) in [5.74, 6) is 0. The fraction of sp³-hybridized carbons (Fsp3) is 0.364. The maximum absolute atomic E-state index is 11.7. The van der Waals surface area contributed by atoms with Crippen molar-refractivity contribution in [3.8, 4) is 0 Å². The van der Waals surface area contributed by atoms with Gasteiger partial charge in [-0.05, 0) is 5.56 Å². The van der Waals surface area contributed by atoms with E-state index in [1.54, 1.807) is 0 Å². The summed E-state index contributed by atoms with van der Waals surface area (Å²) in [6, 6.07) is 9.13. The van der Waals surface area contributed by atoms with Crippen LogP contribution in [0.2, 0.25) is 0 Å². The Balaban J connectivity index is 2.16. The average molecular weight is 229 g/mol. The summed E-state index contributed by atoms with van der Waals surface area (Å²) < 4.78 is 28.3. The highest BCUT2D eigenvalue weighted by atomic mass is 19.3.